The number of hydrogen-bond acceptors (Lipinski definition) is 12. The number of carbonyl (C=O) groups is 6. The van der Waals surface area contributed by atoms with E-state index in [4.69, 9.17) is 21.1 Å². The van der Waals surface area contributed by atoms with E-state index in [2.05, 4.69) is 31.1 Å². The summed E-state index contributed by atoms with van der Waals surface area (Å²) in [6.45, 7) is 12.9. The molecule has 20 heteroatoms. The van der Waals surface area contributed by atoms with Gasteiger partial charge in [-0.1, -0.05) is 23.7 Å². The molecule has 336 valence electrons. The third-order valence-corrected chi connectivity index (χ3v) is 10.7. The van der Waals surface area contributed by atoms with Crippen LogP contribution in [0.5, 0.6) is 0 Å². The fourth-order valence-electron chi connectivity index (χ4n) is 7.36. The molecule has 1 atom stereocenters. The summed E-state index contributed by atoms with van der Waals surface area (Å²) in [6.07, 6.45) is 0.543. The first kappa shape index (κ1) is 45.2. The van der Waals surface area contributed by atoms with Crippen LogP contribution < -0.4 is 15.5 Å². The van der Waals surface area contributed by atoms with Gasteiger partial charge in [-0.3, -0.25) is 14.4 Å². The zero-order valence-electron chi connectivity index (χ0n) is 36.6. The van der Waals surface area contributed by atoms with E-state index in [0.29, 0.717) is 51.6 Å². The molecular weight excluding hydrogens is 846 g/mol. The number of urea groups is 1. The molecule has 0 spiro atoms. The maximum absolute atomic E-state index is 14.5. The average Bonchev–Trinajstić information content (AvgIpc) is 3.90. The van der Waals surface area contributed by atoms with Crippen molar-refractivity contribution < 1.29 is 38.2 Å². The Balaban J connectivity index is 1.18. The molecule has 0 radical (unpaired) electrons. The van der Waals surface area contributed by atoms with E-state index < -0.39 is 47.0 Å². The molecule has 2 saturated heterocycles. The number of halogens is 1. The monoisotopic (exact) mass is 895 g/mol. The Kier molecular flexibility index (Phi) is 12.8. The van der Waals surface area contributed by atoms with Gasteiger partial charge >= 0.3 is 29.9 Å². The predicted molar refractivity (Wildman–Crippen MR) is 238 cm³/mol. The lowest BCUT2D eigenvalue weighted by Gasteiger charge is -2.38. The summed E-state index contributed by atoms with van der Waals surface area (Å²) in [4.78, 5) is 89.1. The van der Waals surface area contributed by atoms with Crippen LogP contribution in [0.4, 0.5) is 26.7 Å². The molecule has 5 amide bonds. The van der Waals surface area contributed by atoms with E-state index >= 15 is 0 Å². The lowest BCUT2D eigenvalue weighted by atomic mass is 10.0. The molecule has 0 bridgehead atoms. The lowest BCUT2D eigenvalue weighted by Crippen LogP contribution is -2.60. The van der Waals surface area contributed by atoms with E-state index in [1.165, 1.54) is 32.9 Å². The summed E-state index contributed by atoms with van der Waals surface area (Å²) in [5, 5.41) is 17.9. The maximum Gasteiger partial charge on any atom is 0.419 e. The second kappa shape index (κ2) is 18.1. The number of benzene rings is 3. The van der Waals surface area contributed by atoms with E-state index in [0.717, 1.165) is 17.7 Å². The molecule has 0 unspecified atom stereocenters. The van der Waals surface area contributed by atoms with Gasteiger partial charge in [0.2, 0.25) is 5.91 Å². The molecule has 2 aliphatic rings. The lowest BCUT2D eigenvalue weighted by molar-refractivity contribution is -0.149. The summed E-state index contributed by atoms with van der Waals surface area (Å²) < 4.78 is 13.7. The van der Waals surface area contributed by atoms with Crippen molar-refractivity contribution in [1.29, 1.82) is 0 Å². The topological polar surface area (TPSA) is 206 Å². The van der Waals surface area contributed by atoms with Crippen LogP contribution in [0.15, 0.2) is 73.1 Å². The molecule has 7 rings (SSSR count). The van der Waals surface area contributed by atoms with Gasteiger partial charge in [0.15, 0.2) is 0 Å². The zero-order valence-corrected chi connectivity index (χ0v) is 37.4. The molecule has 2 aromatic heterocycles. The molecule has 19 nitrogen and oxygen atoms in total. The number of ether oxygens (including phenoxy) is 2. The average molecular weight is 896 g/mol. The predicted octanol–water partition coefficient (Wildman–Crippen LogP) is 5.21. The van der Waals surface area contributed by atoms with Crippen molar-refractivity contribution >= 4 is 75.4 Å². The van der Waals surface area contributed by atoms with Crippen molar-refractivity contribution in [3.05, 3.63) is 89.3 Å². The molecule has 4 heterocycles. The SMILES string of the molecule is CN1CCN(C(=O)Nc2ccc(C[C@@H](C(=O)Nc3ccc4c(c3)cc(C(=O)OC(C)(C)C)n4C(=O)OC(C)(C)C)N3CCN(c4cc(Cl)ccc4-n4cnnn4)C(=O)C3=O)cc2)CC1. The number of fused-ring (bicyclic) bond motifs is 1. The summed E-state index contributed by atoms with van der Waals surface area (Å²) in [7, 11) is 2.01. The highest BCUT2D eigenvalue weighted by Gasteiger charge is 2.41. The summed E-state index contributed by atoms with van der Waals surface area (Å²) >= 11 is 6.36. The Labute approximate surface area is 374 Å². The van der Waals surface area contributed by atoms with Gasteiger partial charge in [0.05, 0.1) is 16.9 Å². The number of hydrogen-bond donors (Lipinski definition) is 2. The van der Waals surface area contributed by atoms with E-state index in [-0.39, 0.29) is 36.9 Å². The fourth-order valence-corrected chi connectivity index (χ4v) is 7.53. The van der Waals surface area contributed by atoms with E-state index in [9.17, 15) is 28.8 Å². The molecule has 2 fully saturated rings. The minimum atomic E-state index is -1.21. The molecule has 64 heavy (non-hydrogen) atoms. The number of esters is 1. The number of anilines is 3. The summed E-state index contributed by atoms with van der Waals surface area (Å²) in [5.41, 5.74) is 0.675. The Morgan fingerprint density at radius 1 is 0.766 bits per heavy atom. The van der Waals surface area contributed by atoms with Gasteiger partial charge in [0, 0.05) is 67.5 Å². The van der Waals surface area contributed by atoms with Crippen molar-refractivity contribution in [2.75, 3.05) is 61.8 Å². The Bertz CT molecular complexity index is 2590. The van der Waals surface area contributed by atoms with E-state index in [1.807, 2.05) is 7.05 Å². The van der Waals surface area contributed by atoms with Crippen molar-refractivity contribution in [2.45, 2.75) is 65.2 Å². The Morgan fingerprint density at radius 2 is 1.45 bits per heavy atom. The quantitative estimate of drug-likeness (QED) is 0.145. The number of tetrazole rings is 1. The number of amides is 5. The highest BCUT2D eigenvalue weighted by atomic mass is 35.5. The number of nitrogens with zero attached hydrogens (tertiary/aromatic N) is 9. The van der Waals surface area contributed by atoms with Gasteiger partial charge in [-0.15, -0.1) is 5.10 Å². The summed E-state index contributed by atoms with van der Waals surface area (Å²) in [6, 6.07) is 16.4. The first-order valence-electron chi connectivity index (χ1n) is 20.7. The van der Waals surface area contributed by atoms with Gasteiger partial charge < -0.3 is 39.7 Å². The third-order valence-electron chi connectivity index (χ3n) is 10.4. The van der Waals surface area contributed by atoms with Crippen LogP contribution in [0, 0.1) is 0 Å². The molecule has 2 aliphatic heterocycles. The number of piperazine rings is 2. The van der Waals surface area contributed by atoms with Crippen LogP contribution in [0.25, 0.3) is 16.6 Å². The smallest absolute Gasteiger partial charge is 0.419 e. The minimum absolute atomic E-state index is 0.00133. The standard InChI is InChI=1S/C44H50ClN11O8/c1-43(2,3)63-40(60)36-24-28-23-31(13-15-32(28)56(36)42(62)64-44(4,5)6)47-37(57)35(22-27-8-11-30(12-9-27)48-41(61)52-18-16-51(7)17-19-52)54-21-20-53(38(58)39(54)59)34-25-29(45)10-14-33(34)55-26-46-49-50-55/h8-15,23-26,35H,16-22H2,1-7H3,(H,47,57)(H,48,61)/t35-/m0/s1. The molecule has 2 N–H and O–H groups in total. The minimum Gasteiger partial charge on any atom is -0.455 e. The first-order valence-corrected chi connectivity index (χ1v) is 21.0. The number of carbonyl (C=O) groups excluding carboxylic acids is 6. The second-order valence-electron chi connectivity index (χ2n) is 17.6. The Morgan fingerprint density at radius 3 is 2.11 bits per heavy atom. The van der Waals surface area contributed by atoms with Crippen molar-refractivity contribution in [1.82, 2.24) is 39.5 Å². The number of likely N-dealkylation sites (N-methyl/N-ethyl adjacent to an activating group) is 1. The van der Waals surface area contributed by atoms with Gasteiger partial charge in [0.1, 0.15) is 29.3 Å². The highest BCUT2D eigenvalue weighted by molar-refractivity contribution is 6.41. The molecular formula is C44H50ClN11O8. The number of aromatic nitrogens is 5. The van der Waals surface area contributed by atoms with Crippen molar-refractivity contribution in [3.8, 4) is 5.69 Å². The van der Waals surface area contributed by atoms with E-state index in [1.54, 1.807) is 101 Å². The maximum atomic E-state index is 14.5. The van der Waals surface area contributed by atoms with Crippen LogP contribution >= 0.6 is 11.6 Å². The van der Waals surface area contributed by atoms with Crippen LogP contribution in [-0.4, -0.2) is 139 Å². The van der Waals surface area contributed by atoms with Crippen LogP contribution in [0.2, 0.25) is 5.02 Å². The normalized spacial score (nSPS) is 15.6. The van der Waals surface area contributed by atoms with Gasteiger partial charge in [-0.25, -0.2) is 19.0 Å². The van der Waals surface area contributed by atoms with Crippen LogP contribution in [0.3, 0.4) is 0 Å². The van der Waals surface area contributed by atoms with Gasteiger partial charge in [0.25, 0.3) is 0 Å². The second-order valence-corrected chi connectivity index (χ2v) is 18.0. The summed E-state index contributed by atoms with van der Waals surface area (Å²) in [5.74, 6) is -3.20. The molecule has 0 saturated carbocycles. The van der Waals surface area contributed by atoms with Crippen LogP contribution in [0.1, 0.15) is 57.6 Å². The van der Waals surface area contributed by atoms with Gasteiger partial charge in [-0.2, -0.15) is 4.68 Å². The van der Waals surface area contributed by atoms with Crippen LogP contribution in [-0.2, 0) is 30.3 Å². The van der Waals surface area contributed by atoms with Crippen molar-refractivity contribution in [2.24, 2.45) is 0 Å². The highest BCUT2D eigenvalue weighted by Crippen LogP contribution is 2.31. The molecule has 5 aromatic rings. The van der Waals surface area contributed by atoms with Gasteiger partial charge in [-0.05, 0) is 119 Å². The molecule has 3 aromatic carbocycles. The number of rotatable bonds is 9. The first-order chi connectivity index (χ1) is 30.2. The Hall–Kier alpha value is -6.86. The molecule has 0 aliphatic carbocycles. The zero-order chi connectivity index (χ0) is 46.1. The number of nitrogens with one attached hydrogen (secondary N) is 2. The largest absolute Gasteiger partial charge is 0.455 e. The van der Waals surface area contributed by atoms with Crippen molar-refractivity contribution in [3.63, 3.8) is 0 Å². The fraction of sp³-hybridized carbons (Fsp3) is 0.386. The third kappa shape index (κ3) is 10.3.